The van der Waals surface area contributed by atoms with Crippen molar-refractivity contribution in [2.75, 3.05) is 52.6 Å². The summed E-state index contributed by atoms with van der Waals surface area (Å²) in [6, 6.07) is 17.5. The molecule has 2 aliphatic heterocycles. The van der Waals surface area contributed by atoms with E-state index in [1.165, 1.54) is 0 Å². The predicted octanol–water partition coefficient (Wildman–Crippen LogP) is 2.15. The smallest absolute Gasteiger partial charge is 0.182 e. The van der Waals surface area contributed by atoms with Gasteiger partial charge in [0.05, 0.1) is 38.5 Å². The molecule has 2 saturated heterocycles. The van der Waals surface area contributed by atoms with Gasteiger partial charge in [0.15, 0.2) is 11.6 Å². The van der Waals surface area contributed by atoms with Gasteiger partial charge >= 0.3 is 0 Å². The fourth-order valence-electron chi connectivity index (χ4n) is 4.28. The van der Waals surface area contributed by atoms with Gasteiger partial charge in [-0.2, -0.15) is 0 Å². The molecule has 0 saturated carbocycles. The number of rotatable bonds is 7. The summed E-state index contributed by atoms with van der Waals surface area (Å²) in [6.45, 7) is 4.78. The van der Waals surface area contributed by atoms with E-state index in [1.807, 2.05) is 60.7 Å². The molecular weight excluding hydrogens is 380 g/mol. The maximum Gasteiger partial charge on any atom is 0.182 e. The van der Waals surface area contributed by atoms with Crippen LogP contribution in [0.25, 0.3) is 0 Å². The average Bonchev–Trinajstić information content (AvgIpc) is 2.84. The lowest BCUT2D eigenvalue weighted by Gasteiger charge is -2.43. The van der Waals surface area contributed by atoms with E-state index in [-0.39, 0.29) is 11.6 Å². The second-order valence-corrected chi connectivity index (χ2v) is 7.65. The van der Waals surface area contributed by atoms with Crippen LogP contribution in [0.2, 0.25) is 0 Å². The zero-order valence-corrected chi connectivity index (χ0v) is 17.1. The Balaban J connectivity index is 1.75. The van der Waals surface area contributed by atoms with Crippen LogP contribution in [-0.2, 0) is 9.47 Å². The van der Waals surface area contributed by atoms with Crippen LogP contribution in [0.4, 0.5) is 0 Å². The molecule has 6 nitrogen and oxygen atoms in total. The average molecular weight is 408 g/mol. The molecule has 2 heterocycles. The number of morpholine rings is 2. The van der Waals surface area contributed by atoms with E-state index in [0.29, 0.717) is 63.7 Å². The normalized spacial score (nSPS) is 20.4. The summed E-state index contributed by atoms with van der Waals surface area (Å²) in [5, 5.41) is 0. The molecule has 2 aliphatic rings. The van der Waals surface area contributed by atoms with Gasteiger partial charge < -0.3 is 9.47 Å². The predicted molar refractivity (Wildman–Crippen MR) is 114 cm³/mol. The molecule has 2 aromatic carbocycles. The molecule has 0 N–H and O–H groups in total. The summed E-state index contributed by atoms with van der Waals surface area (Å²) >= 11 is 0. The minimum Gasteiger partial charge on any atom is -0.379 e. The van der Waals surface area contributed by atoms with E-state index < -0.39 is 12.1 Å². The van der Waals surface area contributed by atoms with Crippen molar-refractivity contribution in [3.63, 3.8) is 0 Å². The number of hydrogen-bond acceptors (Lipinski definition) is 6. The molecule has 2 aromatic rings. The van der Waals surface area contributed by atoms with E-state index in [4.69, 9.17) is 9.47 Å². The van der Waals surface area contributed by atoms with Gasteiger partial charge in [-0.1, -0.05) is 60.7 Å². The third-order valence-electron chi connectivity index (χ3n) is 5.83. The molecule has 158 valence electrons. The van der Waals surface area contributed by atoms with E-state index in [2.05, 4.69) is 9.80 Å². The van der Waals surface area contributed by atoms with Gasteiger partial charge in [0.25, 0.3) is 0 Å². The third kappa shape index (κ3) is 4.68. The molecule has 0 aromatic heterocycles. The van der Waals surface area contributed by atoms with Gasteiger partial charge in [0.1, 0.15) is 0 Å². The van der Waals surface area contributed by atoms with Gasteiger partial charge in [0.2, 0.25) is 0 Å². The molecule has 4 rings (SSSR count). The first-order valence-electron chi connectivity index (χ1n) is 10.6. The lowest BCUT2D eigenvalue weighted by molar-refractivity contribution is -0.0240. The van der Waals surface area contributed by atoms with Crippen molar-refractivity contribution >= 4 is 11.6 Å². The Hall–Kier alpha value is -2.38. The first-order valence-corrected chi connectivity index (χ1v) is 10.6. The lowest BCUT2D eigenvalue weighted by atomic mass is 9.89. The maximum atomic E-state index is 13.8. The Bertz CT molecular complexity index is 759. The van der Waals surface area contributed by atoms with Gasteiger partial charge in [-0.25, -0.2) is 0 Å². The van der Waals surface area contributed by atoms with Crippen molar-refractivity contribution in [3.8, 4) is 0 Å². The van der Waals surface area contributed by atoms with Crippen molar-refractivity contribution < 1.29 is 19.1 Å². The molecule has 0 bridgehead atoms. The van der Waals surface area contributed by atoms with Crippen LogP contribution in [0.1, 0.15) is 20.7 Å². The molecule has 30 heavy (non-hydrogen) atoms. The van der Waals surface area contributed by atoms with Crippen molar-refractivity contribution in [2.45, 2.75) is 12.1 Å². The standard InChI is InChI=1S/C24H28N2O4/c27-23(19-7-3-1-4-8-19)21(25-11-15-29-16-12-25)22(26-13-17-30-18-14-26)24(28)20-9-5-2-6-10-20/h1-10,21-22H,11-18H2/t21-,22-/m0/s1. The molecule has 0 aliphatic carbocycles. The van der Waals surface area contributed by atoms with Crippen molar-refractivity contribution in [2.24, 2.45) is 0 Å². The number of Topliss-reactive ketones (excluding diaryl/α,β-unsaturated/α-hetero) is 2. The highest BCUT2D eigenvalue weighted by Crippen LogP contribution is 2.23. The number of benzene rings is 2. The fourth-order valence-corrected chi connectivity index (χ4v) is 4.28. The SMILES string of the molecule is O=C(c1ccccc1)[C@H]([C@@H](C(=O)c1ccccc1)N1CCOCC1)N1CCOCC1. The molecule has 2 fully saturated rings. The van der Waals surface area contributed by atoms with Crippen molar-refractivity contribution in [3.05, 3.63) is 71.8 Å². The largest absolute Gasteiger partial charge is 0.379 e. The van der Waals surface area contributed by atoms with Crippen LogP contribution < -0.4 is 0 Å². The number of carbonyl (C=O) groups is 2. The lowest BCUT2D eigenvalue weighted by Crippen LogP contribution is -2.62. The summed E-state index contributed by atoms with van der Waals surface area (Å²) in [6.07, 6.45) is 0. The number of ether oxygens (including phenoxy) is 2. The quantitative estimate of drug-likeness (QED) is 0.655. The maximum absolute atomic E-state index is 13.8. The monoisotopic (exact) mass is 408 g/mol. The Kier molecular flexibility index (Phi) is 7.02. The number of hydrogen-bond donors (Lipinski definition) is 0. The van der Waals surface area contributed by atoms with Crippen molar-refractivity contribution in [1.29, 1.82) is 0 Å². The molecule has 0 unspecified atom stereocenters. The fraction of sp³-hybridized carbons (Fsp3) is 0.417. The zero-order chi connectivity index (χ0) is 20.8. The second-order valence-electron chi connectivity index (χ2n) is 7.65. The summed E-state index contributed by atoms with van der Waals surface area (Å²) in [5.74, 6) is -0.0310. The zero-order valence-electron chi connectivity index (χ0n) is 17.1. The number of carbonyl (C=O) groups excluding carboxylic acids is 2. The van der Waals surface area contributed by atoms with Crippen LogP contribution in [0.5, 0.6) is 0 Å². The topological polar surface area (TPSA) is 59.1 Å². The van der Waals surface area contributed by atoms with Gasteiger partial charge in [0, 0.05) is 37.3 Å². The minimum absolute atomic E-state index is 0.0155. The summed E-state index contributed by atoms with van der Waals surface area (Å²) < 4.78 is 11.1. The van der Waals surface area contributed by atoms with Gasteiger partial charge in [-0.05, 0) is 0 Å². The Morgan fingerprint density at radius 1 is 0.600 bits per heavy atom. The van der Waals surface area contributed by atoms with Crippen LogP contribution in [0.3, 0.4) is 0 Å². The van der Waals surface area contributed by atoms with Crippen molar-refractivity contribution in [1.82, 2.24) is 9.80 Å². The van der Waals surface area contributed by atoms with E-state index >= 15 is 0 Å². The number of ketones is 2. The van der Waals surface area contributed by atoms with Crippen LogP contribution in [0, 0.1) is 0 Å². The summed E-state index contributed by atoms with van der Waals surface area (Å²) in [4.78, 5) is 31.8. The first-order chi connectivity index (χ1) is 14.8. The van der Waals surface area contributed by atoms with E-state index in [9.17, 15) is 9.59 Å². The molecule has 0 amide bonds. The molecule has 0 spiro atoms. The van der Waals surface area contributed by atoms with Crippen LogP contribution in [0.15, 0.2) is 60.7 Å². The molecular formula is C24H28N2O4. The number of nitrogens with zero attached hydrogens (tertiary/aromatic N) is 2. The highest BCUT2D eigenvalue weighted by molar-refractivity contribution is 6.08. The molecule has 6 heteroatoms. The Morgan fingerprint density at radius 2 is 0.933 bits per heavy atom. The molecule has 0 radical (unpaired) electrons. The van der Waals surface area contributed by atoms with Gasteiger partial charge in [-0.3, -0.25) is 19.4 Å². The van der Waals surface area contributed by atoms with E-state index in [1.54, 1.807) is 0 Å². The minimum atomic E-state index is -0.567. The summed E-state index contributed by atoms with van der Waals surface area (Å²) in [7, 11) is 0. The van der Waals surface area contributed by atoms with Crippen LogP contribution >= 0.6 is 0 Å². The Morgan fingerprint density at radius 3 is 1.27 bits per heavy atom. The van der Waals surface area contributed by atoms with E-state index in [0.717, 1.165) is 0 Å². The Labute approximate surface area is 177 Å². The third-order valence-corrected chi connectivity index (χ3v) is 5.83. The highest BCUT2D eigenvalue weighted by atomic mass is 16.5. The highest BCUT2D eigenvalue weighted by Gasteiger charge is 2.42. The summed E-state index contributed by atoms with van der Waals surface area (Å²) in [5.41, 5.74) is 1.27. The first kappa shape index (κ1) is 20.9. The van der Waals surface area contributed by atoms with Crippen LogP contribution in [-0.4, -0.2) is 86.1 Å². The second kappa shape index (κ2) is 10.1. The molecule has 2 atom stereocenters. The van der Waals surface area contributed by atoms with Gasteiger partial charge in [-0.15, -0.1) is 0 Å².